The van der Waals surface area contributed by atoms with Crippen LogP contribution in [0.15, 0.2) is 0 Å². The molecule has 0 spiro atoms. The van der Waals surface area contributed by atoms with E-state index >= 15 is 0 Å². The second kappa shape index (κ2) is 7.16. The number of alkyl halides is 9. The van der Waals surface area contributed by atoms with Gasteiger partial charge >= 0.3 is 30.2 Å². The van der Waals surface area contributed by atoms with Crippen LogP contribution in [0.4, 0.5) is 39.5 Å². The van der Waals surface area contributed by atoms with Gasteiger partial charge in [0.15, 0.2) is 6.61 Å². The number of esters is 1. The van der Waals surface area contributed by atoms with Gasteiger partial charge in [0.2, 0.25) is 5.67 Å². The van der Waals surface area contributed by atoms with E-state index in [0.29, 0.717) is 6.92 Å². The average molecular weight is 362 g/mol. The number of hydrogen-bond donors (Lipinski definition) is 0. The highest BCUT2D eigenvalue weighted by atomic mass is 19.3. The van der Waals surface area contributed by atoms with Crippen molar-refractivity contribution in [1.82, 2.24) is 0 Å². The molecule has 0 bridgehead atoms. The molecule has 0 rings (SSSR count). The lowest BCUT2D eigenvalue weighted by atomic mass is 10.0. The van der Waals surface area contributed by atoms with E-state index in [1.54, 1.807) is 0 Å². The molecule has 1 unspecified atom stereocenters. The van der Waals surface area contributed by atoms with E-state index < -0.39 is 61.7 Å². The van der Waals surface area contributed by atoms with Gasteiger partial charge in [-0.2, -0.15) is 17.6 Å². The third-order valence-corrected chi connectivity index (χ3v) is 3.10. The van der Waals surface area contributed by atoms with Crippen molar-refractivity contribution in [2.24, 2.45) is 0 Å². The number of carbonyl (C=O) groups is 1. The van der Waals surface area contributed by atoms with Gasteiger partial charge in [0.05, 0.1) is 0 Å². The summed E-state index contributed by atoms with van der Waals surface area (Å²) in [5.74, 6) is -17.0. The van der Waals surface area contributed by atoms with Crippen LogP contribution in [-0.4, -0.2) is 42.4 Å². The third-order valence-electron chi connectivity index (χ3n) is 3.10. The van der Waals surface area contributed by atoms with Crippen LogP contribution in [0.5, 0.6) is 0 Å². The topological polar surface area (TPSA) is 26.3 Å². The number of ether oxygens (including phenoxy) is 1. The van der Waals surface area contributed by atoms with Crippen molar-refractivity contribution in [2.45, 2.75) is 63.0 Å². The quantitative estimate of drug-likeness (QED) is 0.442. The summed E-state index contributed by atoms with van der Waals surface area (Å²) in [6.45, 7) is -0.423. The molecule has 0 radical (unpaired) electrons. The van der Waals surface area contributed by atoms with E-state index in [1.807, 2.05) is 0 Å². The maximum absolute atomic E-state index is 13.4. The minimum Gasteiger partial charge on any atom is -0.457 e. The zero-order valence-corrected chi connectivity index (χ0v) is 12.1. The Labute approximate surface area is 126 Å². The van der Waals surface area contributed by atoms with Crippen molar-refractivity contribution in [3.8, 4) is 0 Å². The van der Waals surface area contributed by atoms with Gasteiger partial charge in [0.1, 0.15) is 0 Å². The normalized spacial score (nSPS) is 16.3. The van der Waals surface area contributed by atoms with Crippen molar-refractivity contribution < 1.29 is 49.0 Å². The number of hydrogen-bond acceptors (Lipinski definition) is 2. The molecule has 0 aliphatic carbocycles. The molecule has 138 valence electrons. The monoisotopic (exact) mass is 362 g/mol. The molecule has 1 atom stereocenters. The molecule has 23 heavy (non-hydrogen) atoms. The van der Waals surface area contributed by atoms with Crippen molar-refractivity contribution >= 4 is 5.97 Å². The Morgan fingerprint density at radius 1 is 0.957 bits per heavy atom. The number of carbonyl (C=O) groups excluding carboxylic acids is 1. The first kappa shape index (κ1) is 21.8. The first-order valence-electron chi connectivity index (χ1n) is 6.37. The minimum atomic E-state index is -5.15. The highest BCUT2D eigenvalue weighted by Gasteiger charge is 2.58. The van der Waals surface area contributed by atoms with Crippen LogP contribution in [-0.2, 0) is 9.53 Å². The Hall–Kier alpha value is -1.16. The molecule has 0 N–H and O–H groups in total. The molecule has 0 saturated carbocycles. The number of rotatable bonds is 9. The first-order valence-corrected chi connectivity index (χ1v) is 6.37. The van der Waals surface area contributed by atoms with Gasteiger partial charge in [-0.3, -0.25) is 0 Å². The zero-order valence-electron chi connectivity index (χ0n) is 12.1. The Morgan fingerprint density at radius 3 is 1.83 bits per heavy atom. The lowest BCUT2D eigenvalue weighted by Gasteiger charge is -2.28. The molecule has 0 aliphatic rings. The van der Waals surface area contributed by atoms with Crippen LogP contribution in [0, 0.1) is 0 Å². The summed E-state index contributed by atoms with van der Waals surface area (Å²) in [4.78, 5) is 11.1. The van der Waals surface area contributed by atoms with Crippen molar-refractivity contribution in [2.75, 3.05) is 6.61 Å². The molecule has 0 fully saturated rings. The fourth-order valence-electron chi connectivity index (χ4n) is 1.17. The average Bonchev–Trinajstić information content (AvgIpc) is 2.42. The summed E-state index contributed by atoms with van der Waals surface area (Å²) in [5.41, 5.74) is -2.69. The maximum atomic E-state index is 13.4. The minimum absolute atomic E-state index is 0.478. The SMILES string of the molecule is CCC(C)(F)C(=O)OCC(F)(F)C(F)(F)CCC(F)(F)C(F)F. The van der Waals surface area contributed by atoms with Gasteiger partial charge in [-0.25, -0.2) is 26.7 Å². The van der Waals surface area contributed by atoms with Crippen molar-refractivity contribution in [3.05, 3.63) is 0 Å². The zero-order chi connectivity index (χ0) is 18.7. The van der Waals surface area contributed by atoms with Crippen molar-refractivity contribution in [1.29, 1.82) is 0 Å². The Balaban J connectivity index is 4.81. The fraction of sp³-hybridized carbons (Fsp3) is 0.917. The Morgan fingerprint density at radius 2 is 1.43 bits per heavy atom. The Kier molecular flexibility index (Phi) is 6.80. The smallest absolute Gasteiger partial charge is 0.343 e. The van der Waals surface area contributed by atoms with Gasteiger partial charge < -0.3 is 4.74 Å². The van der Waals surface area contributed by atoms with Crippen LogP contribution in [0.25, 0.3) is 0 Å². The molecule has 11 heteroatoms. The molecule has 0 aromatic carbocycles. The fourth-order valence-corrected chi connectivity index (χ4v) is 1.17. The summed E-state index contributed by atoms with van der Waals surface area (Å²) in [5, 5.41) is 0. The first-order chi connectivity index (χ1) is 10.1. The van der Waals surface area contributed by atoms with Gasteiger partial charge in [-0.1, -0.05) is 6.92 Å². The van der Waals surface area contributed by atoms with E-state index in [1.165, 1.54) is 6.92 Å². The molecule has 2 nitrogen and oxygen atoms in total. The summed E-state index contributed by atoms with van der Waals surface area (Å²) >= 11 is 0. The summed E-state index contributed by atoms with van der Waals surface area (Å²) < 4.78 is 119. The van der Waals surface area contributed by atoms with E-state index in [9.17, 15) is 44.3 Å². The standard InChI is InChI=1S/C12H15F9O2/c1-3-9(2,15)8(22)23-6-12(20,21)11(18,19)5-4-10(16,17)7(13)14/h7H,3-6H2,1-2H3. The van der Waals surface area contributed by atoms with E-state index in [4.69, 9.17) is 0 Å². The summed E-state index contributed by atoms with van der Waals surface area (Å²) in [6, 6.07) is 0. The third kappa shape index (κ3) is 5.76. The van der Waals surface area contributed by atoms with E-state index in [2.05, 4.69) is 4.74 Å². The van der Waals surface area contributed by atoms with Crippen LogP contribution in [0.3, 0.4) is 0 Å². The van der Waals surface area contributed by atoms with Gasteiger partial charge in [0, 0.05) is 12.8 Å². The molecule has 0 saturated heterocycles. The summed E-state index contributed by atoms with van der Waals surface area (Å²) in [7, 11) is 0. The number of halogens is 9. The van der Waals surface area contributed by atoms with Crippen molar-refractivity contribution in [3.63, 3.8) is 0 Å². The predicted octanol–water partition coefficient (Wildman–Crippen LogP) is 4.62. The van der Waals surface area contributed by atoms with Gasteiger partial charge in [-0.05, 0) is 13.3 Å². The molecule has 0 heterocycles. The molecule has 0 aromatic rings. The second-order valence-corrected chi connectivity index (χ2v) is 5.10. The highest BCUT2D eigenvalue weighted by Crippen LogP contribution is 2.41. The van der Waals surface area contributed by atoms with E-state index in [0.717, 1.165) is 0 Å². The Bertz CT molecular complexity index is 407. The van der Waals surface area contributed by atoms with Gasteiger partial charge in [0.25, 0.3) is 0 Å². The van der Waals surface area contributed by atoms with E-state index in [-0.39, 0.29) is 0 Å². The van der Waals surface area contributed by atoms with Crippen LogP contribution >= 0.6 is 0 Å². The van der Waals surface area contributed by atoms with Crippen LogP contribution in [0.2, 0.25) is 0 Å². The molecule has 0 aromatic heterocycles. The second-order valence-electron chi connectivity index (χ2n) is 5.10. The lowest BCUT2D eigenvalue weighted by molar-refractivity contribution is -0.244. The highest BCUT2D eigenvalue weighted by molar-refractivity contribution is 5.78. The van der Waals surface area contributed by atoms with Crippen LogP contribution in [0.1, 0.15) is 33.1 Å². The largest absolute Gasteiger partial charge is 0.457 e. The molecular formula is C12H15F9O2. The predicted molar refractivity (Wildman–Crippen MR) is 60.8 cm³/mol. The van der Waals surface area contributed by atoms with Gasteiger partial charge in [-0.15, -0.1) is 0 Å². The molecular weight excluding hydrogens is 347 g/mol. The molecule has 0 aliphatic heterocycles. The summed E-state index contributed by atoms with van der Waals surface area (Å²) in [6.07, 6.45) is -9.23. The maximum Gasteiger partial charge on any atom is 0.343 e. The van der Waals surface area contributed by atoms with Crippen LogP contribution < -0.4 is 0 Å². The molecule has 0 amide bonds. The lowest BCUT2D eigenvalue weighted by Crippen LogP contribution is -2.47.